The molecule has 0 spiro atoms. The number of rotatable bonds is 3. The summed E-state index contributed by atoms with van der Waals surface area (Å²) in [4.78, 5) is 15.1. The van der Waals surface area contributed by atoms with Gasteiger partial charge in [-0.3, -0.25) is 10.1 Å². The van der Waals surface area contributed by atoms with Crippen LogP contribution >= 0.6 is 0 Å². The summed E-state index contributed by atoms with van der Waals surface area (Å²) >= 11 is 0. The van der Waals surface area contributed by atoms with Gasteiger partial charge in [0.2, 0.25) is 0 Å². The van der Waals surface area contributed by atoms with Gasteiger partial charge in [0.1, 0.15) is 5.69 Å². The predicted molar refractivity (Wildman–Crippen MR) is 79.9 cm³/mol. The molecule has 0 bridgehead atoms. The summed E-state index contributed by atoms with van der Waals surface area (Å²) in [5.74, 6) is -0.142. The van der Waals surface area contributed by atoms with E-state index in [1.807, 2.05) is 11.9 Å². The van der Waals surface area contributed by atoms with E-state index < -0.39 is 4.92 Å². The lowest BCUT2D eigenvalue weighted by molar-refractivity contribution is -0.384. The van der Waals surface area contributed by atoms with Crippen LogP contribution in [0.15, 0.2) is 23.4 Å². The average molecular weight is 293 g/mol. The maximum Gasteiger partial charge on any atom is 0.293 e. The van der Waals surface area contributed by atoms with E-state index in [0.717, 1.165) is 19.6 Å². The molecule has 0 radical (unpaired) electrons. The van der Waals surface area contributed by atoms with E-state index in [1.54, 1.807) is 12.1 Å². The zero-order valence-corrected chi connectivity index (χ0v) is 12.1. The van der Waals surface area contributed by atoms with Gasteiger partial charge in [-0.05, 0) is 26.1 Å². The van der Waals surface area contributed by atoms with Crippen molar-refractivity contribution in [3.63, 3.8) is 0 Å². The molecule has 1 saturated heterocycles. The molecule has 1 aliphatic rings. The Balaban J connectivity index is 2.37. The Morgan fingerprint density at radius 3 is 2.81 bits per heavy atom. The first-order valence-electron chi connectivity index (χ1n) is 6.65. The Kier molecular flexibility index (Phi) is 4.27. The number of piperazine rings is 1. The summed E-state index contributed by atoms with van der Waals surface area (Å²) in [6.07, 6.45) is 0. The van der Waals surface area contributed by atoms with E-state index in [2.05, 4.69) is 17.0 Å². The molecule has 8 nitrogen and oxygen atoms in total. The van der Waals surface area contributed by atoms with Crippen LogP contribution in [0, 0.1) is 10.1 Å². The Bertz CT molecular complexity index is 575. The van der Waals surface area contributed by atoms with Gasteiger partial charge in [0.25, 0.3) is 5.69 Å². The third-order valence-corrected chi connectivity index (χ3v) is 3.88. The molecular formula is C13H19N5O3. The molecule has 0 saturated carbocycles. The number of nitrogens with two attached hydrogens (primary N) is 1. The summed E-state index contributed by atoms with van der Waals surface area (Å²) in [6, 6.07) is 4.94. The van der Waals surface area contributed by atoms with Gasteiger partial charge in [-0.2, -0.15) is 0 Å². The highest BCUT2D eigenvalue weighted by molar-refractivity contribution is 5.98. The van der Waals surface area contributed by atoms with Crippen molar-refractivity contribution in [1.29, 1.82) is 0 Å². The fraction of sp³-hybridized carbons (Fsp3) is 0.462. The number of hydrogen-bond donors (Lipinski definition) is 2. The zero-order chi connectivity index (χ0) is 15.6. The van der Waals surface area contributed by atoms with Crippen LogP contribution in [0.4, 0.5) is 11.4 Å². The van der Waals surface area contributed by atoms with Crippen molar-refractivity contribution in [2.45, 2.75) is 13.0 Å². The number of likely N-dealkylation sites (N-methyl/N-ethyl adjacent to an activating group) is 1. The van der Waals surface area contributed by atoms with Crippen LogP contribution in [-0.2, 0) is 0 Å². The molecule has 1 aromatic rings. The van der Waals surface area contributed by atoms with E-state index in [9.17, 15) is 10.1 Å². The van der Waals surface area contributed by atoms with E-state index >= 15 is 0 Å². The zero-order valence-electron chi connectivity index (χ0n) is 12.1. The largest absolute Gasteiger partial charge is 0.409 e. The van der Waals surface area contributed by atoms with Crippen molar-refractivity contribution in [3.8, 4) is 0 Å². The van der Waals surface area contributed by atoms with Gasteiger partial charge in [0, 0.05) is 37.3 Å². The van der Waals surface area contributed by atoms with Gasteiger partial charge in [-0.25, -0.2) is 0 Å². The van der Waals surface area contributed by atoms with Gasteiger partial charge < -0.3 is 20.7 Å². The first kappa shape index (κ1) is 15.0. The maximum absolute atomic E-state index is 11.3. The third kappa shape index (κ3) is 3.05. The summed E-state index contributed by atoms with van der Waals surface area (Å²) in [5, 5.41) is 22.9. The Labute approximate surface area is 122 Å². The topological polar surface area (TPSA) is 108 Å². The number of nitro benzene ring substituents is 1. The van der Waals surface area contributed by atoms with Gasteiger partial charge >= 0.3 is 0 Å². The molecule has 0 aromatic heterocycles. The van der Waals surface area contributed by atoms with Crippen molar-refractivity contribution >= 4 is 17.2 Å². The van der Waals surface area contributed by atoms with Crippen LogP contribution in [0.1, 0.15) is 12.5 Å². The van der Waals surface area contributed by atoms with Crippen LogP contribution in [0.5, 0.6) is 0 Å². The lowest BCUT2D eigenvalue weighted by atomic mass is 10.1. The Morgan fingerprint density at radius 1 is 1.52 bits per heavy atom. The van der Waals surface area contributed by atoms with Crippen molar-refractivity contribution in [1.82, 2.24) is 4.90 Å². The van der Waals surface area contributed by atoms with E-state index in [-0.39, 0.29) is 11.5 Å². The third-order valence-electron chi connectivity index (χ3n) is 3.88. The maximum atomic E-state index is 11.3. The Hall–Kier alpha value is -2.35. The smallest absolute Gasteiger partial charge is 0.293 e. The first-order chi connectivity index (χ1) is 9.93. The molecule has 1 fully saturated rings. The second kappa shape index (κ2) is 5.96. The number of hydrogen-bond acceptors (Lipinski definition) is 6. The lowest BCUT2D eigenvalue weighted by Gasteiger charge is -2.38. The van der Waals surface area contributed by atoms with Crippen LogP contribution in [0.3, 0.4) is 0 Å². The van der Waals surface area contributed by atoms with Crippen LogP contribution in [0.25, 0.3) is 0 Å². The van der Waals surface area contributed by atoms with Gasteiger partial charge in [0.05, 0.1) is 4.92 Å². The highest BCUT2D eigenvalue weighted by Crippen LogP contribution is 2.30. The molecule has 1 heterocycles. The minimum atomic E-state index is -0.438. The van der Waals surface area contributed by atoms with E-state index in [0.29, 0.717) is 17.3 Å². The van der Waals surface area contributed by atoms with Gasteiger partial charge in [0.15, 0.2) is 5.84 Å². The predicted octanol–water partition coefficient (Wildman–Crippen LogP) is 0.830. The molecule has 1 aromatic carbocycles. The highest BCUT2D eigenvalue weighted by atomic mass is 16.6. The molecule has 0 amide bonds. The van der Waals surface area contributed by atoms with E-state index in [4.69, 9.17) is 10.9 Å². The number of oxime groups is 1. The van der Waals surface area contributed by atoms with Gasteiger partial charge in [-0.1, -0.05) is 5.16 Å². The molecule has 114 valence electrons. The minimum Gasteiger partial charge on any atom is -0.409 e. The summed E-state index contributed by atoms with van der Waals surface area (Å²) in [6.45, 7) is 4.38. The monoisotopic (exact) mass is 293 g/mol. The number of amidine groups is 1. The number of benzene rings is 1. The van der Waals surface area contributed by atoms with Crippen molar-refractivity contribution in [2.24, 2.45) is 10.9 Å². The number of nitrogens with zero attached hydrogens (tertiary/aromatic N) is 4. The molecule has 0 aliphatic carbocycles. The summed E-state index contributed by atoms with van der Waals surface area (Å²) < 4.78 is 0. The normalized spacial score (nSPS) is 20.6. The minimum absolute atomic E-state index is 0.0316. The quantitative estimate of drug-likeness (QED) is 0.281. The van der Waals surface area contributed by atoms with Gasteiger partial charge in [-0.15, -0.1) is 0 Å². The molecule has 2 rings (SSSR count). The van der Waals surface area contributed by atoms with Crippen LogP contribution in [-0.4, -0.2) is 53.6 Å². The van der Waals surface area contributed by atoms with Crippen LogP contribution < -0.4 is 10.6 Å². The Morgan fingerprint density at radius 2 is 2.24 bits per heavy atom. The molecule has 1 aliphatic heterocycles. The number of anilines is 1. The fourth-order valence-electron chi connectivity index (χ4n) is 2.42. The molecule has 1 unspecified atom stereocenters. The molecular weight excluding hydrogens is 274 g/mol. The van der Waals surface area contributed by atoms with E-state index in [1.165, 1.54) is 6.07 Å². The molecule has 1 atom stereocenters. The lowest BCUT2D eigenvalue weighted by Crippen LogP contribution is -2.50. The fourth-order valence-corrected chi connectivity index (χ4v) is 2.42. The summed E-state index contributed by atoms with van der Waals surface area (Å²) in [5.41, 5.74) is 6.35. The molecule has 3 N–H and O–H groups in total. The van der Waals surface area contributed by atoms with Crippen molar-refractivity contribution < 1.29 is 10.1 Å². The highest BCUT2D eigenvalue weighted by Gasteiger charge is 2.26. The van der Waals surface area contributed by atoms with Crippen molar-refractivity contribution in [3.05, 3.63) is 33.9 Å². The van der Waals surface area contributed by atoms with Crippen molar-refractivity contribution in [2.75, 3.05) is 31.6 Å². The molecule has 8 heteroatoms. The first-order valence-corrected chi connectivity index (χ1v) is 6.65. The number of nitro groups is 1. The SMILES string of the molecule is CC1CN(c2ccc(C(N)=NO)cc2[N+](=O)[O-])CCN1C. The second-order valence-electron chi connectivity index (χ2n) is 5.22. The summed E-state index contributed by atoms with van der Waals surface area (Å²) in [7, 11) is 2.04. The van der Waals surface area contributed by atoms with Crippen LogP contribution in [0.2, 0.25) is 0 Å². The molecule has 21 heavy (non-hydrogen) atoms. The average Bonchev–Trinajstić information content (AvgIpc) is 2.48. The second-order valence-corrected chi connectivity index (χ2v) is 5.22. The standard InChI is InChI=1S/C13H19N5O3/c1-9-8-17(6-5-16(9)2)11-4-3-10(13(14)15-19)7-12(11)18(20)21/h3-4,7,9,19H,5-6,8H2,1-2H3,(H2,14,15).